The van der Waals surface area contributed by atoms with Gasteiger partial charge in [-0.25, -0.2) is 9.78 Å². The van der Waals surface area contributed by atoms with E-state index in [4.69, 9.17) is 4.74 Å². The van der Waals surface area contributed by atoms with Crippen LogP contribution in [-0.4, -0.2) is 39.8 Å². The molecule has 2 aromatic carbocycles. The number of anilines is 1. The predicted octanol–water partition coefficient (Wildman–Crippen LogP) is 3.77. The third kappa shape index (κ3) is 3.82. The maximum absolute atomic E-state index is 13.1. The van der Waals surface area contributed by atoms with Crippen molar-refractivity contribution in [3.63, 3.8) is 0 Å². The molecule has 11 heteroatoms. The number of nitro benzene ring substituents is 1. The van der Waals surface area contributed by atoms with Crippen molar-refractivity contribution in [2.24, 2.45) is 0 Å². The van der Waals surface area contributed by atoms with E-state index in [0.29, 0.717) is 16.8 Å². The number of ketones is 1. The normalized spacial score (nSPS) is 17.1. The third-order valence-corrected chi connectivity index (χ3v) is 6.41. The summed E-state index contributed by atoms with van der Waals surface area (Å²) in [5.41, 5.74) is 0.589. The number of methoxy groups -OCH3 is 1. The van der Waals surface area contributed by atoms with Crippen LogP contribution in [0.1, 0.15) is 32.5 Å². The molecule has 1 aliphatic heterocycles. The Morgan fingerprint density at radius 2 is 1.79 bits per heavy atom. The van der Waals surface area contributed by atoms with Gasteiger partial charge in [-0.2, -0.15) is 0 Å². The summed E-state index contributed by atoms with van der Waals surface area (Å²) >= 11 is 0.866. The van der Waals surface area contributed by atoms with E-state index in [0.717, 1.165) is 16.2 Å². The number of non-ortho nitro benzene ring substituents is 1. The number of Topliss-reactive ketones (excluding diaryl/α,β-unsaturated/α-hetero) is 1. The van der Waals surface area contributed by atoms with Gasteiger partial charge in [-0.15, -0.1) is 0 Å². The van der Waals surface area contributed by atoms with Crippen LogP contribution >= 0.6 is 11.3 Å². The maximum Gasteiger partial charge on any atom is 0.350 e. The number of nitro groups is 1. The topological polar surface area (TPSA) is 140 Å². The molecule has 1 N–H and O–H groups in total. The van der Waals surface area contributed by atoms with E-state index in [9.17, 15) is 29.6 Å². The fourth-order valence-corrected chi connectivity index (χ4v) is 4.65. The van der Waals surface area contributed by atoms with Crippen LogP contribution in [0.25, 0.3) is 5.76 Å². The monoisotopic (exact) mass is 479 g/mol. The number of aliphatic hydroxyl groups is 1. The van der Waals surface area contributed by atoms with Crippen molar-refractivity contribution >= 4 is 45.6 Å². The highest BCUT2D eigenvalue weighted by Gasteiger charge is 2.48. The summed E-state index contributed by atoms with van der Waals surface area (Å²) in [6.07, 6.45) is 0. The molecule has 1 fully saturated rings. The van der Waals surface area contributed by atoms with Crippen molar-refractivity contribution in [2.45, 2.75) is 13.0 Å². The smallest absolute Gasteiger partial charge is 0.350 e. The minimum absolute atomic E-state index is 0.0514. The van der Waals surface area contributed by atoms with E-state index in [1.807, 2.05) is 0 Å². The van der Waals surface area contributed by atoms with Crippen LogP contribution in [0.5, 0.6) is 0 Å². The summed E-state index contributed by atoms with van der Waals surface area (Å²) in [4.78, 5) is 54.4. The molecule has 1 aliphatic rings. The molecule has 0 saturated carbocycles. The number of thiazole rings is 1. The molecule has 34 heavy (non-hydrogen) atoms. The number of aryl methyl sites for hydroxylation is 1. The molecule has 10 nitrogen and oxygen atoms in total. The first-order chi connectivity index (χ1) is 16.2. The Morgan fingerprint density at radius 3 is 2.38 bits per heavy atom. The maximum atomic E-state index is 13.1. The number of carbonyl (C=O) groups excluding carboxylic acids is 3. The molecule has 0 radical (unpaired) electrons. The van der Waals surface area contributed by atoms with Gasteiger partial charge in [0.1, 0.15) is 10.6 Å². The zero-order chi connectivity index (χ0) is 24.6. The second-order valence-corrected chi connectivity index (χ2v) is 8.26. The Bertz CT molecular complexity index is 1350. The van der Waals surface area contributed by atoms with Crippen molar-refractivity contribution in [3.05, 3.63) is 92.0 Å². The molecule has 172 valence electrons. The largest absolute Gasteiger partial charge is 0.507 e. The van der Waals surface area contributed by atoms with Crippen molar-refractivity contribution in [3.8, 4) is 0 Å². The zero-order valence-corrected chi connectivity index (χ0v) is 18.7. The van der Waals surface area contributed by atoms with Gasteiger partial charge in [0.05, 0.1) is 29.3 Å². The van der Waals surface area contributed by atoms with Crippen LogP contribution < -0.4 is 4.90 Å². The number of hydrogen-bond acceptors (Lipinski definition) is 9. The minimum Gasteiger partial charge on any atom is -0.507 e. The van der Waals surface area contributed by atoms with Gasteiger partial charge in [-0.1, -0.05) is 41.7 Å². The number of ether oxygens (including phenoxy) is 1. The lowest BCUT2D eigenvalue weighted by Gasteiger charge is -2.22. The van der Waals surface area contributed by atoms with Crippen molar-refractivity contribution in [1.82, 2.24) is 4.98 Å². The molecule has 1 unspecified atom stereocenters. The van der Waals surface area contributed by atoms with Gasteiger partial charge >= 0.3 is 11.9 Å². The van der Waals surface area contributed by atoms with Crippen molar-refractivity contribution in [2.75, 3.05) is 12.0 Å². The molecule has 1 atom stereocenters. The van der Waals surface area contributed by atoms with E-state index in [-0.39, 0.29) is 21.3 Å². The Kier molecular flexibility index (Phi) is 5.95. The fraction of sp³-hybridized carbons (Fsp3) is 0.130. The molecule has 0 bridgehead atoms. The van der Waals surface area contributed by atoms with Crippen molar-refractivity contribution in [1.29, 1.82) is 0 Å². The number of amides is 1. The van der Waals surface area contributed by atoms with Gasteiger partial charge in [-0.05, 0) is 24.6 Å². The number of carbonyl (C=O) groups is 3. The van der Waals surface area contributed by atoms with E-state index in [2.05, 4.69) is 4.98 Å². The molecule has 1 aromatic heterocycles. The summed E-state index contributed by atoms with van der Waals surface area (Å²) in [6.45, 7) is 1.56. The van der Waals surface area contributed by atoms with Gasteiger partial charge in [-0.3, -0.25) is 24.6 Å². The van der Waals surface area contributed by atoms with Crippen LogP contribution in [0.4, 0.5) is 10.8 Å². The van der Waals surface area contributed by atoms with E-state index in [1.165, 1.54) is 31.4 Å². The molecule has 0 spiro atoms. The molecule has 0 aliphatic carbocycles. The lowest BCUT2D eigenvalue weighted by Crippen LogP contribution is -2.29. The van der Waals surface area contributed by atoms with Gasteiger partial charge in [0.2, 0.25) is 0 Å². The quantitative estimate of drug-likeness (QED) is 0.146. The Morgan fingerprint density at radius 1 is 1.15 bits per heavy atom. The van der Waals surface area contributed by atoms with Crippen LogP contribution in [0.3, 0.4) is 0 Å². The predicted molar refractivity (Wildman–Crippen MR) is 123 cm³/mol. The average molecular weight is 479 g/mol. The van der Waals surface area contributed by atoms with Gasteiger partial charge in [0.25, 0.3) is 11.5 Å². The number of aliphatic hydroxyl groups excluding tert-OH is 1. The zero-order valence-electron chi connectivity index (χ0n) is 17.9. The second kappa shape index (κ2) is 8.87. The summed E-state index contributed by atoms with van der Waals surface area (Å²) in [5.74, 6) is -2.94. The number of benzene rings is 2. The Hall–Kier alpha value is -4.38. The fourth-order valence-electron chi connectivity index (χ4n) is 3.64. The first-order valence-corrected chi connectivity index (χ1v) is 10.7. The van der Waals surface area contributed by atoms with Gasteiger partial charge in [0, 0.05) is 17.7 Å². The molecule has 3 aromatic rings. The number of nitrogens with zero attached hydrogens (tertiary/aromatic N) is 3. The minimum atomic E-state index is -1.13. The SMILES string of the molecule is COC(=O)c1sc(N2C(=O)C(=O)C(=C(O)c3ccccc3)C2c2ccc([N+](=O)[O-])cc2)nc1C. The van der Waals surface area contributed by atoms with E-state index < -0.39 is 34.4 Å². The number of esters is 1. The summed E-state index contributed by atoms with van der Waals surface area (Å²) in [5, 5.41) is 22.2. The Balaban J connectivity index is 1.93. The lowest BCUT2D eigenvalue weighted by atomic mass is 9.95. The summed E-state index contributed by atoms with van der Waals surface area (Å²) in [7, 11) is 1.21. The molecule has 2 heterocycles. The summed E-state index contributed by atoms with van der Waals surface area (Å²) < 4.78 is 4.75. The average Bonchev–Trinajstić information content (AvgIpc) is 3.35. The number of aromatic nitrogens is 1. The molecule has 1 amide bonds. The lowest BCUT2D eigenvalue weighted by molar-refractivity contribution is -0.384. The Labute approximate surface area is 196 Å². The van der Waals surface area contributed by atoms with E-state index >= 15 is 0 Å². The van der Waals surface area contributed by atoms with Gasteiger partial charge in [0.15, 0.2) is 5.13 Å². The van der Waals surface area contributed by atoms with E-state index in [1.54, 1.807) is 37.3 Å². The number of rotatable bonds is 5. The van der Waals surface area contributed by atoms with Gasteiger partial charge < -0.3 is 9.84 Å². The highest BCUT2D eigenvalue weighted by atomic mass is 32.1. The van der Waals surface area contributed by atoms with Crippen LogP contribution in [0.15, 0.2) is 60.2 Å². The first kappa shape index (κ1) is 22.8. The highest BCUT2D eigenvalue weighted by molar-refractivity contribution is 7.17. The molecule has 4 rings (SSSR count). The first-order valence-electron chi connectivity index (χ1n) is 9.91. The molecular formula is C23H17N3O7S. The third-order valence-electron chi connectivity index (χ3n) is 5.27. The second-order valence-electron chi connectivity index (χ2n) is 7.29. The number of hydrogen-bond donors (Lipinski definition) is 1. The summed E-state index contributed by atoms with van der Waals surface area (Å²) in [6, 6.07) is 12.4. The molecular weight excluding hydrogens is 462 g/mol. The van der Waals surface area contributed by atoms with Crippen LogP contribution in [0, 0.1) is 17.0 Å². The van der Waals surface area contributed by atoms with Crippen LogP contribution in [-0.2, 0) is 14.3 Å². The standard InChI is InChI=1S/C23H17N3O7S/c1-12-20(22(30)33-2)34-23(24-12)25-17(13-8-10-15(11-9-13)26(31)32)16(19(28)21(25)29)18(27)14-6-4-3-5-7-14/h3-11,17,27H,1-2H3. The molecule has 1 saturated heterocycles. The van der Waals surface area contributed by atoms with Crippen LogP contribution in [0.2, 0.25) is 0 Å². The van der Waals surface area contributed by atoms with Crippen molar-refractivity contribution < 1.29 is 29.2 Å². The highest BCUT2D eigenvalue weighted by Crippen LogP contribution is 2.44.